The van der Waals surface area contributed by atoms with Crippen LogP contribution in [0.2, 0.25) is 0 Å². The summed E-state index contributed by atoms with van der Waals surface area (Å²) < 4.78 is 199. The number of benzene rings is 1. The van der Waals surface area contributed by atoms with Crippen molar-refractivity contribution in [2.45, 2.75) is 61.0 Å². The van der Waals surface area contributed by atoms with Crippen LogP contribution in [-0.4, -0.2) is 68.2 Å². The number of tetrazole rings is 1. The highest BCUT2D eigenvalue weighted by molar-refractivity contribution is 5.97. The Morgan fingerprint density at radius 2 is 1.23 bits per heavy atom. The number of H-pyrrole nitrogens is 1. The predicted octanol–water partition coefficient (Wildman–Crippen LogP) is 6.05. The molecule has 1 aromatic carbocycles. The van der Waals surface area contributed by atoms with Gasteiger partial charge >= 0.3 is 47.6 Å². The molecule has 0 aliphatic rings. The summed E-state index contributed by atoms with van der Waals surface area (Å²) in [6, 6.07) is 3.54. The monoisotopic (exact) mass is 599 g/mol. The SMILES string of the molecule is CCC(c1ccc(NC(=O)C(F)(F)C(F)(F)C(F)(F)C(F)(F)C(F)(F)C(F)(F)C(F)(F)F)cc1)c1nn[nH]n1. The van der Waals surface area contributed by atoms with Crippen LogP contribution in [0, 0.1) is 0 Å². The van der Waals surface area contributed by atoms with Gasteiger partial charge in [0.2, 0.25) is 0 Å². The molecule has 6 nitrogen and oxygen atoms in total. The van der Waals surface area contributed by atoms with Crippen LogP contribution in [0.3, 0.4) is 0 Å². The van der Waals surface area contributed by atoms with Gasteiger partial charge in [-0.05, 0) is 24.1 Å². The van der Waals surface area contributed by atoms with E-state index in [1.165, 1.54) is 0 Å². The maximum Gasteiger partial charge on any atom is 0.460 e. The summed E-state index contributed by atoms with van der Waals surface area (Å²) in [5.41, 5.74) is -0.570. The number of hydrogen-bond donors (Lipinski definition) is 2. The third-order valence-electron chi connectivity index (χ3n) is 5.27. The smallest absolute Gasteiger partial charge is 0.321 e. The molecule has 1 unspecified atom stereocenters. The molecule has 1 aromatic heterocycles. The van der Waals surface area contributed by atoms with Crippen molar-refractivity contribution < 1.29 is 70.7 Å². The quantitative estimate of drug-likeness (QED) is 0.326. The topological polar surface area (TPSA) is 83.6 Å². The number of carbonyl (C=O) groups excluding carboxylic acids is 1. The Bertz CT molecular complexity index is 1150. The Morgan fingerprint density at radius 3 is 1.64 bits per heavy atom. The van der Waals surface area contributed by atoms with Crippen LogP contribution in [0.15, 0.2) is 24.3 Å². The number of aromatic amines is 1. The zero-order valence-corrected chi connectivity index (χ0v) is 18.5. The summed E-state index contributed by atoms with van der Waals surface area (Å²) in [6.45, 7) is 1.63. The second-order valence-electron chi connectivity index (χ2n) is 7.75. The molecule has 0 fully saturated rings. The number of amides is 1. The zero-order chi connectivity index (χ0) is 30.5. The van der Waals surface area contributed by atoms with Gasteiger partial charge in [0.05, 0.1) is 0 Å². The van der Waals surface area contributed by atoms with E-state index in [1.54, 1.807) is 6.92 Å². The van der Waals surface area contributed by atoms with Crippen molar-refractivity contribution >= 4 is 11.6 Å². The minimum absolute atomic E-state index is 0.122. The maximum absolute atomic E-state index is 14.0. The van der Waals surface area contributed by atoms with Crippen molar-refractivity contribution in [2.75, 3.05) is 5.32 Å². The number of hydrogen-bond acceptors (Lipinski definition) is 4. The fraction of sp³-hybridized carbons (Fsp3) is 0.556. The van der Waals surface area contributed by atoms with E-state index in [1.807, 2.05) is 0 Å². The number of carbonyl (C=O) groups is 1. The highest BCUT2D eigenvalue weighted by atomic mass is 19.4. The Labute approximate surface area is 205 Å². The fourth-order valence-electron chi connectivity index (χ4n) is 3.00. The summed E-state index contributed by atoms with van der Waals surface area (Å²) in [6.07, 6.45) is -7.41. The van der Waals surface area contributed by atoms with E-state index in [-0.39, 0.29) is 5.82 Å². The summed E-state index contributed by atoms with van der Waals surface area (Å²) >= 11 is 0. The van der Waals surface area contributed by atoms with E-state index in [0.29, 0.717) is 12.0 Å². The molecule has 220 valence electrons. The average Bonchev–Trinajstić information content (AvgIpc) is 3.33. The van der Waals surface area contributed by atoms with E-state index in [0.717, 1.165) is 29.6 Å². The van der Waals surface area contributed by atoms with Crippen molar-refractivity contribution in [1.29, 1.82) is 0 Å². The Balaban J connectivity index is 2.38. The maximum atomic E-state index is 14.0. The number of nitrogens with zero attached hydrogens (tertiary/aromatic N) is 3. The van der Waals surface area contributed by atoms with E-state index < -0.39 is 59.2 Å². The molecule has 0 radical (unpaired) electrons. The molecule has 0 saturated carbocycles. The van der Waals surface area contributed by atoms with Crippen LogP contribution in [0.4, 0.5) is 71.5 Å². The van der Waals surface area contributed by atoms with Crippen molar-refractivity contribution in [1.82, 2.24) is 20.6 Å². The highest BCUT2D eigenvalue weighted by Crippen LogP contribution is 2.62. The molecule has 1 heterocycles. The van der Waals surface area contributed by atoms with Crippen LogP contribution in [-0.2, 0) is 4.79 Å². The van der Waals surface area contributed by atoms with Gasteiger partial charge in [0.1, 0.15) is 0 Å². The molecule has 21 heteroatoms. The summed E-state index contributed by atoms with van der Waals surface area (Å²) in [7, 11) is 0. The first-order chi connectivity index (χ1) is 17.4. The lowest BCUT2D eigenvalue weighted by Crippen LogP contribution is -2.73. The minimum atomic E-state index is -8.47. The van der Waals surface area contributed by atoms with Gasteiger partial charge < -0.3 is 5.32 Å². The van der Waals surface area contributed by atoms with Gasteiger partial charge in [0.15, 0.2) is 5.82 Å². The number of alkyl halides is 15. The second-order valence-corrected chi connectivity index (χ2v) is 7.75. The Morgan fingerprint density at radius 1 is 0.769 bits per heavy atom. The van der Waals surface area contributed by atoms with Crippen molar-refractivity contribution in [3.05, 3.63) is 35.7 Å². The molecule has 0 aliphatic carbocycles. The van der Waals surface area contributed by atoms with Crippen LogP contribution in [0.25, 0.3) is 0 Å². The van der Waals surface area contributed by atoms with Crippen molar-refractivity contribution in [2.24, 2.45) is 0 Å². The highest BCUT2D eigenvalue weighted by Gasteiger charge is 2.94. The Hall–Kier alpha value is -3.29. The molecule has 39 heavy (non-hydrogen) atoms. The number of nitrogens with one attached hydrogen (secondary N) is 2. The lowest BCUT2D eigenvalue weighted by molar-refractivity contribution is -0.449. The molecular formula is C18H12F15N5O. The fourth-order valence-corrected chi connectivity index (χ4v) is 3.00. The van der Waals surface area contributed by atoms with Gasteiger partial charge in [0, 0.05) is 11.6 Å². The van der Waals surface area contributed by atoms with Crippen molar-refractivity contribution in [3.8, 4) is 0 Å². The lowest BCUT2D eigenvalue weighted by Gasteiger charge is -2.41. The van der Waals surface area contributed by atoms with Crippen LogP contribution in [0.1, 0.15) is 30.7 Å². The van der Waals surface area contributed by atoms with Crippen LogP contribution < -0.4 is 5.32 Å². The second kappa shape index (κ2) is 9.72. The Kier molecular flexibility index (Phi) is 7.95. The summed E-state index contributed by atoms with van der Waals surface area (Å²) in [5.74, 6) is -52.3. The van der Waals surface area contributed by atoms with E-state index in [2.05, 4.69) is 20.6 Å². The first-order valence-corrected chi connectivity index (χ1v) is 9.90. The molecule has 0 bridgehead atoms. The van der Waals surface area contributed by atoms with Crippen molar-refractivity contribution in [3.63, 3.8) is 0 Å². The standard InChI is InChI=1S/C18H12F15N5O/c1-2-9(10-35-37-38-36-10)7-3-5-8(6-4-7)34-11(39)12(19,20)13(21,22)14(23,24)15(25,26)16(27,28)17(29,30)18(31,32)33/h3-6,9H,2H2,1H3,(H,34,39)(H,35,36,37,38). The minimum Gasteiger partial charge on any atom is -0.321 e. The van der Waals surface area contributed by atoms with E-state index in [4.69, 9.17) is 0 Å². The van der Waals surface area contributed by atoms with E-state index >= 15 is 0 Å². The largest absolute Gasteiger partial charge is 0.460 e. The number of aromatic nitrogens is 4. The first-order valence-electron chi connectivity index (χ1n) is 9.90. The summed E-state index contributed by atoms with van der Waals surface area (Å²) in [4.78, 5) is 11.7. The normalized spacial score (nSPS) is 15.3. The van der Waals surface area contributed by atoms with Gasteiger partial charge in [-0.15, -0.1) is 10.2 Å². The van der Waals surface area contributed by atoms with Gasteiger partial charge in [-0.25, -0.2) is 0 Å². The number of rotatable bonds is 10. The molecule has 1 amide bonds. The molecule has 1 atom stereocenters. The molecule has 0 aliphatic heterocycles. The molecule has 0 saturated heterocycles. The predicted molar refractivity (Wildman–Crippen MR) is 97.1 cm³/mol. The third kappa shape index (κ3) is 4.83. The van der Waals surface area contributed by atoms with Gasteiger partial charge in [-0.1, -0.05) is 24.3 Å². The van der Waals surface area contributed by atoms with Crippen LogP contribution >= 0.6 is 0 Å². The van der Waals surface area contributed by atoms with Crippen LogP contribution in [0.5, 0.6) is 0 Å². The van der Waals surface area contributed by atoms with Gasteiger partial charge in [-0.3, -0.25) is 4.79 Å². The number of halogens is 15. The molecule has 2 N–H and O–H groups in total. The molecule has 2 aromatic rings. The van der Waals surface area contributed by atoms with Gasteiger partial charge in [0.25, 0.3) is 0 Å². The van der Waals surface area contributed by atoms with E-state index in [9.17, 15) is 70.7 Å². The molecule has 2 rings (SSSR count). The first kappa shape index (κ1) is 31.9. The zero-order valence-electron chi connectivity index (χ0n) is 18.5. The third-order valence-corrected chi connectivity index (χ3v) is 5.27. The lowest BCUT2D eigenvalue weighted by atomic mass is 9.90. The molecule has 0 spiro atoms. The van der Waals surface area contributed by atoms with Gasteiger partial charge in [-0.2, -0.15) is 71.1 Å². The number of anilines is 1. The average molecular weight is 599 g/mol. The summed E-state index contributed by atoms with van der Waals surface area (Å²) in [5, 5.41) is 13.7. The molecular weight excluding hydrogens is 587 g/mol.